The Balaban J connectivity index is 4.08. The number of allylic oxidation sites excluding steroid dienone is 1. The summed E-state index contributed by atoms with van der Waals surface area (Å²) in [7, 11) is 0. The minimum absolute atomic E-state index is 0.0573. The molecule has 0 aromatic heterocycles. The molecular formula is C7H9NO2. The van der Waals surface area contributed by atoms with Gasteiger partial charge in [0.2, 0.25) is 0 Å². The van der Waals surface area contributed by atoms with E-state index in [-0.39, 0.29) is 11.3 Å². The monoisotopic (exact) mass is 139 g/mol. The SMILES string of the molecule is C=C(OCC)/C(C#N)=C/O. The van der Waals surface area contributed by atoms with E-state index in [1.807, 2.05) is 0 Å². The minimum Gasteiger partial charge on any atom is -0.514 e. The largest absolute Gasteiger partial charge is 0.514 e. The number of hydrogen-bond acceptors (Lipinski definition) is 3. The summed E-state index contributed by atoms with van der Waals surface area (Å²) >= 11 is 0. The van der Waals surface area contributed by atoms with Gasteiger partial charge >= 0.3 is 0 Å². The van der Waals surface area contributed by atoms with Crippen molar-refractivity contribution in [3.63, 3.8) is 0 Å². The van der Waals surface area contributed by atoms with Crippen molar-refractivity contribution in [2.24, 2.45) is 0 Å². The van der Waals surface area contributed by atoms with Crippen LogP contribution in [0, 0.1) is 11.3 Å². The molecule has 0 aromatic rings. The van der Waals surface area contributed by atoms with Crippen molar-refractivity contribution in [1.29, 1.82) is 5.26 Å². The molecule has 1 N–H and O–H groups in total. The lowest BCUT2D eigenvalue weighted by atomic mass is 10.3. The Kier molecular flexibility index (Phi) is 3.81. The van der Waals surface area contributed by atoms with Gasteiger partial charge in [0, 0.05) is 0 Å². The van der Waals surface area contributed by atoms with E-state index in [4.69, 9.17) is 15.1 Å². The van der Waals surface area contributed by atoms with Crippen molar-refractivity contribution < 1.29 is 9.84 Å². The van der Waals surface area contributed by atoms with Gasteiger partial charge in [0.05, 0.1) is 6.61 Å². The average molecular weight is 139 g/mol. The van der Waals surface area contributed by atoms with Crippen LogP contribution in [0.4, 0.5) is 0 Å². The van der Waals surface area contributed by atoms with E-state index in [0.717, 1.165) is 0 Å². The molecule has 0 saturated carbocycles. The molecule has 0 rings (SSSR count). The van der Waals surface area contributed by atoms with Crippen LogP contribution in [0.5, 0.6) is 0 Å². The van der Waals surface area contributed by atoms with Gasteiger partial charge in [-0.15, -0.1) is 0 Å². The van der Waals surface area contributed by atoms with Crippen molar-refractivity contribution in [3.05, 3.63) is 24.2 Å². The topological polar surface area (TPSA) is 53.2 Å². The molecule has 0 radical (unpaired) electrons. The molecule has 0 unspecified atom stereocenters. The maximum absolute atomic E-state index is 8.40. The van der Waals surface area contributed by atoms with Gasteiger partial charge in [-0.05, 0) is 6.92 Å². The van der Waals surface area contributed by atoms with Crippen LogP contribution in [-0.4, -0.2) is 11.7 Å². The molecule has 3 heteroatoms. The lowest BCUT2D eigenvalue weighted by molar-refractivity contribution is 0.239. The van der Waals surface area contributed by atoms with Crippen molar-refractivity contribution in [2.45, 2.75) is 6.92 Å². The van der Waals surface area contributed by atoms with Crippen molar-refractivity contribution in [3.8, 4) is 6.07 Å². The number of rotatable bonds is 3. The molecule has 0 fully saturated rings. The highest BCUT2D eigenvalue weighted by Crippen LogP contribution is 2.05. The van der Waals surface area contributed by atoms with Gasteiger partial charge in [-0.25, -0.2) is 0 Å². The summed E-state index contributed by atoms with van der Waals surface area (Å²) in [6.07, 6.45) is 0.679. The first-order chi connectivity index (χ1) is 4.76. The molecule has 0 aliphatic heterocycles. The molecule has 0 saturated heterocycles. The van der Waals surface area contributed by atoms with Gasteiger partial charge in [0.15, 0.2) is 0 Å². The highest BCUT2D eigenvalue weighted by atomic mass is 16.5. The van der Waals surface area contributed by atoms with Crippen LogP contribution < -0.4 is 0 Å². The summed E-state index contributed by atoms with van der Waals surface area (Å²) in [5, 5.41) is 16.7. The fraction of sp³-hybridized carbons (Fsp3) is 0.286. The second kappa shape index (κ2) is 4.45. The predicted octanol–water partition coefficient (Wildman–Crippen LogP) is 1.50. The summed E-state index contributed by atoms with van der Waals surface area (Å²) in [5.41, 5.74) is 0.0573. The first-order valence-corrected chi connectivity index (χ1v) is 2.82. The second-order valence-electron chi connectivity index (χ2n) is 1.51. The number of nitrogens with zero attached hydrogens (tertiary/aromatic N) is 1. The Morgan fingerprint density at radius 1 is 1.90 bits per heavy atom. The van der Waals surface area contributed by atoms with E-state index >= 15 is 0 Å². The summed E-state index contributed by atoms with van der Waals surface area (Å²) in [5.74, 6) is 0.201. The van der Waals surface area contributed by atoms with Gasteiger partial charge in [-0.1, -0.05) is 6.58 Å². The van der Waals surface area contributed by atoms with Gasteiger partial charge in [0.1, 0.15) is 23.7 Å². The Bertz CT molecular complexity index is 188. The Hall–Kier alpha value is -1.43. The highest BCUT2D eigenvalue weighted by molar-refractivity contribution is 5.34. The summed E-state index contributed by atoms with van der Waals surface area (Å²) in [4.78, 5) is 0. The van der Waals surface area contributed by atoms with Gasteiger partial charge < -0.3 is 9.84 Å². The van der Waals surface area contributed by atoms with Crippen LogP contribution in [-0.2, 0) is 4.74 Å². The third-order valence-electron chi connectivity index (χ3n) is 0.869. The minimum atomic E-state index is 0.0573. The van der Waals surface area contributed by atoms with Gasteiger partial charge in [0.25, 0.3) is 0 Å². The molecule has 0 aliphatic carbocycles. The Labute approximate surface area is 59.9 Å². The van der Waals surface area contributed by atoms with E-state index in [2.05, 4.69) is 6.58 Å². The zero-order chi connectivity index (χ0) is 7.98. The lowest BCUT2D eigenvalue weighted by Crippen LogP contribution is -1.92. The molecule has 0 heterocycles. The molecule has 0 atom stereocenters. The van der Waals surface area contributed by atoms with E-state index in [1.165, 1.54) is 0 Å². The zero-order valence-electron chi connectivity index (χ0n) is 5.79. The van der Waals surface area contributed by atoms with Crippen LogP contribution >= 0.6 is 0 Å². The Morgan fingerprint density at radius 3 is 2.80 bits per heavy atom. The molecule has 0 spiro atoms. The first-order valence-electron chi connectivity index (χ1n) is 2.82. The average Bonchev–Trinajstić information content (AvgIpc) is 1.91. The van der Waals surface area contributed by atoms with Crippen LogP contribution in [0.2, 0.25) is 0 Å². The number of ether oxygens (including phenoxy) is 1. The fourth-order valence-corrected chi connectivity index (χ4v) is 0.415. The number of hydrogen-bond donors (Lipinski definition) is 1. The number of nitriles is 1. The predicted molar refractivity (Wildman–Crippen MR) is 37.1 cm³/mol. The molecule has 0 aliphatic rings. The van der Waals surface area contributed by atoms with Gasteiger partial charge in [-0.2, -0.15) is 5.26 Å². The fourth-order valence-electron chi connectivity index (χ4n) is 0.415. The normalized spacial score (nSPS) is 10.2. The van der Waals surface area contributed by atoms with Crippen LogP contribution in [0.3, 0.4) is 0 Å². The number of aliphatic hydroxyl groups excluding tert-OH is 1. The van der Waals surface area contributed by atoms with Crippen LogP contribution in [0.15, 0.2) is 24.2 Å². The molecule has 54 valence electrons. The smallest absolute Gasteiger partial charge is 0.133 e. The molecule has 0 aromatic carbocycles. The molecule has 3 nitrogen and oxygen atoms in total. The summed E-state index contributed by atoms with van der Waals surface area (Å²) in [6.45, 7) is 5.63. The van der Waals surface area contributed by atoms with Crippen molar-refractivity contribution in [2.75, 3.05) is 6.61 Å². The third-order valence-corrected chi connectivity index (χ3v) is 0.869. The maximum atomic E-state index is 8.40. The maximum Gasteiger partial charge on any atom is 0.133 e. The molecule has 0 amide bonds. The summed E-state index contributed by atoms with van der Waals surface area (Å²) in [6, 6.07) is 1.72. The van der Waals surface area contributed by atoms with E-state index < -0.39 is 0 Å². The first kappa shape index (κ1) is 8.57. The van der Waals surface area contributed by atoms with E-state index in [1.54, 1.807) is 13.0 Å². The Morgan fingerprint density at radius 2 is 2.50 bits per heavy atom. The highest BCUT2D eigenvalue weighted by Gasteiger charge is 2.00. The van der Waals surface area contributed by atoms with Crippen molar-refractivity contribution in [1.82, 2.24) is 0 Å². The third kappa shape index (κ3) is 2.23. The van der Waals surface area contributed by atoms with E-state index in [0.29, 0.717) is 12.9 Å². The summed E-state index contributed by atoms with van der Waals surface area (Å²) < 4.78 is 4.84. The quantitative estimate of drug-likeness (QED) is 0.366. The second-order valence-corrected chi connectivity index (χ2v) is 1.51. The standard InChI is InChI=1S/C7H9NO2/c1-3-10-6(2)7(4-8)5-9/h5,9H,2-3H2,1H3/b7-5+. The van der Waals surface area contributed by atoms with Crippen LogP contribution in [0.25, 0.3) is 0 Å². The number of aliphatic hydroxyl groups is 1. The molecule has 10 heavy (non-hydrogen) atoms. The van der Waals surface area contributed by atoms with E-state index in [9.17, 15) is 0 Å². The van der Waals surface area contributed by atoms with Gasteiger partial charge in [-0.3, -0.25) is 0 Å². The van der Waals surface area contributed by atoms with Crippen LogP contribution in [0.1, 0.15) is 6.92 Å². The van der Waals surface area contributed by atoms with Crippen molar-refractivity contribution >= 4 is 0 Å². The zero-order valence-corrected chi connectivity index (χ0v) is 5.79. The molecule has 0 bridgehead atoms. The lowest BCUT2D eigenvalue weighted by Gasteiger charge is -2.02. The molecular weight excluding hydrogens is 130 g/mol.